The van der Waals surface area contributed by atoms with E-state index in [1.165, 1.54) is 0 Å². The first-order chi connectivity index (χ1) is 9.91. The third-order valence-electron chi connectivity index (χ3n) is 3.80. The molecule has 0 aliphatic carbocycles. The summed E-state index contributed by atoms with van der Waals surface area (Å²) in [5.74, 6) is 0.0437. The van der Waals surface area contributed by atoms with E-state index < -0.39 is 10.6 Å². The molecule has 0 aliphatic rings. The van der Waals surface area contributed by atoms with Crippen LogP contribution in [0.25, 0.3) is 0 Å². The van der Waals surface area contributed by atoms with Gasteiger partial charge in [-0.15, -0.1) is 0 Å². The van der Waals surface area contributed by atoms with E-state index in [4.69, 9.17) is 4.78 Å². The molecule has 3 atom stereocenters. The van der Waals surface area contributed by atoms with Crippen molar-refractivity contribution >= 4 is 10.6 Å². The van der Waals surface area contributed by atoms with Gasteiger partial charge in [0, 0.05) is 16.5 Å². The van der Waals surface area contributed by atoms with Gasteiger partial charge in [-0.3, -0.25) is 8.99 Å². The quantitative estimate of drug-likeness (QED) is 0.782. The highest BCUT2D eigenvalue weighted by Crippen LogP contribution is 2.45. The lowest BCUT2D eigenvalue weighted by Crippen LogP contribution is -2.25. The van der Waals surface area contributed by atoms with Crippen molar-refractivity contribution in [3.8, 4) is 0 Å². The maximum atomic E-state index is 12.2. The van der Waals surface area contributed by atoms with Gasteiger partial charge < -0.3 is 0 Å². The standard InChI is InChI=1S/C18H23NOS/c1-18(2,3)16(14-10-6-4-7-11-14)17(21(19)20)15-12-8-5-9-13-15/h4-13,16-17,19,21H,1-3H3/t16-,17?/m1/s1. The molecule has 2 unspecified atom stereocenters. The summed E-state index contributed by atoms with van der Waals surface area (Å²) in [5.41, 5.74) is 2.06. The van der Waals surface area contributed by atoms with Crippen LogP contribution in [0.4, 0.5) is 0 Å². The van der Waals surface area contributed by atoms with Gasteiger partial charge in [-0.25, -0.2) is 0 Å². The monoisotopic (exact) mass is 301 g/mol. The van der Waals surface area contributed by atoms with Crippen LogP contribution in [0.15, 0.2) is 60.7 Å². The smallest absolute Gasteiger partial charge is 0.0724 e. The zero-order valence-electron chi connectivity index (χ0n) is 12.8. The lowest BCUT2D eigenvalue weighted by molar-refractivity contribution is 0.312. The molecule has 3 heteroatoms. The minimum atomic E-state index is -2.07. The zero-order chi connectivity index (χ0) is 15.5. The second kappa shape index (κ2) is 6.44. The molecule has 0 amide bonds. The third-order valence-corrected chi connectivity index (χ3v) is 4.90. The van der Waals surface area contributed by atoms with Crippen LogP contribution < -0.4 is 0 Å². The van der Waals surface area contributed by atoms with Crippen molar-refractivity contribution in [1.82, 2.24) is 0 Å². The summed E-state index contributed by atoms with van der Waals surface area (Å²) < 4.78 is 20.2. The van der Waals surface area contributed by atoms with E-state index >= 15 is 0 Å². The number of thiol groups is 1. The van der Waals surface area contributed by atoms with E-state index in [0.717, 1.165) is 11.1 Å². The Morgan fingerprint density at radius 3 is 1.67 bits per heavy atom. The molecule has 2 rings (SSSR count). The molecule has 1 N–H and O–H groups in total. The second-order valence-electron chi connectivity index (χ2n) is 6.44. The van der Waals surface area contributed by atoms with Gasteiger partial charge in [0.05, 0.1) is 5.25 Å². The lowest BCUT2D eigenvalue weighted by Gasteiger charge is -2.36. The van der Waals surface area contributed by atoms with Crippen LogP contribution in [0.5, 0.6) is 0 Å². The maximum Gasteiger partial charge on any atom is 0.0724 e. The van der Waals surface area contributed by atoms with Gasteiger partial charge in [0.25, 0.3) is 0 Å². The molecule has 112 valence electrons. The summed E-state index contributed by atoms with van der Waals surface area (Å²) in [6.45, 7) is 6.46. The molecule has 0 radical (unpaired) electrons. The predicted molar refractivity (Wildman–Crippen MR) is 90.1 cm³/mol. The lowest BCUT2D eigenvalue weighted by atomic mass is 9.73. The fourth-order valence-electron chi connectivity index (χ4n) is 2.93. The first-order valence-electron chi connectivity index (χ1n) is 7.19. The molecule has 0 saturated heterocycles. The van der Waals surface area contributed by atoms with E-state index in [0.29, 0.717) is 0 Å². The number of hydrogen-bond donors (Lipinski definition) is 2. The molecule has 0 aliphatic heterocycles. The van der Waals surface area contributed by atoms with Crippen LogP contribution in [0.1, 0.15) is 43.1 Å². The summed E-state index contributed by atoms with van der Waals surface area (Å²) in [4.78, 5) is 0. The maximum absolute atomic E-state index is 12.2. The second-order valence-corrected chi connectivity index (χ2v) is 7.64. The number of rotatable bonds is 4. The summed E-state index contributed by atoms with van der Waals surface area (Å²) in [6.07, 6.45) is 0. The fraction of sp³-hybridized carbons (Fsp3) is 0.333. The third kappa shape index (κ3) is 3.73. The molecule has 0 bridgehead atoms. The molecule has 0 fully saturated rings. The van der Waals surface area contributed by atoms with E-state index in [1.807, 2.05) is 48.5 Å². The summed E-state index contributed by atoms with van der Waals surface area (Å²) in [7, 11) is -2.07. The van der Waals surface area contributed by atoms with Crippen LogP contribution >= 0.6 is 0 Å². The van der Waals surface area contributed by atoms with Gasteiger partial charge in [-0.1, -0.05) is 81.4 Å². The Bertz CT molecular complexity index is 634. The Morgan fingerprint density at radius 2 is 1.29 bits per heavy atom. The van der Waals surface area contributed by atoms with Crippen molar-refractivity contribution in [3.05, 3.63) is 71.8 Å². The van der Waals surface area contributed by atoms with Crippen LogP contribution in [0.3, 0.4) is 0 Å². The summed E-state index contributed by atoms with van der Waals surface area (Å²) in [5, 5.41) is -0.288. The molecule has 0 aromatic heterocycles. The topological polar surface area (TPSA) is 40.9 Å². The Labute approximate surface area is 129 Å². The molecule has 21 heavy (non-hydrogen) atoms. The normalized spacial score (nSPS) is 16.1. The van der Waals surface area contributed by atoms with Crippen LogP contribution in [-0.4, -0.2) is 4.21 Å². The highest BCUT2D eigenvalue weighted by Gasteiger charge is 2.35. The van der Waals surface area contributed by atoms with Gasteiger partial charge in [0.15, 0.2) is 0 Å². The van der Waals surface area contributed by atoms with Crippen molar-refractivity contribution < 1.29 is 4.21 Å². The van der Waals surface area contributed by atoms with Gasteiger partial charge in [0.1, 0.15) is 0 Å². The van der Waals surface area contributed by atoms with Gasteiger partial charge in [0.2, 0.25) is 0 Å². The van der Waals surface area contributed by atoms with Crippen LogP contribution in [-0.2, 0) is 10.6 Å². The van der Waals surface area contributed by atoms with E-state index in [-0.39, 0.29) is 16.6 Å². The fourth-order valence-corrected chi connectivity index (χ4v) is 4.26. The minimum absolute atomic E-state index is 0.0437. The largest absolute Gasteiger partial charge is 0.255 e. The van der Waals surface area contributed by atoms with Crippen molar-refractivity contribution in [1.29, 1.82) is 4.78 Å². The Hall–Kier alpha value is -1.61. The van der Waals surface area contributed by atoms with Gasteiger partial charge >= 0.3 is 0 Å². The highest BCUT2D eigenvalue weighted by atomic mass is 32.2. The van der Waals surface area contributed by atoms with Crippen LogP contribution in [0.2, 0.25) is 0 Å². The van der Waals surface area contributed by atoms with Crippen LogP contribution in [0, 0.1) is 10.2 Å². The van der Waals surface area contributed by atoms with Crippen molar-refractivity contribution in [3.63, 3.8) is 0 Å². The molecular weight excluding hydrogens is 278 g/mol. The molecule has 0 heterocycles. The predicted octanol–water partition coefficient (Wildman–Crippen LogP) is 4.80. The van der Waals surface area contributed by atoms with E-state index in [2.05, 4.69) is 32.9 Å². The van der Waals surface area contributed by atoms with Gasteiger partial charge in [-0.2, -0.15) is 0 Å². The van der Waals surface area contributed by atoms with Crippen molar-refractivity contribution in [2.45, 2.75) is 31.9 Å². The zero-order valence-corrected chi connectivity index (χ0v) is 13.7. The molecule has 0 saturated carbocycles. The SMILES string of the molecule is CC(C)(C)[C@H](c1ccccc1)C(c1ccccc1)[SH](=N)=O. The van der Waals surface area contributed by atoms with Crippen molar-refractivity contribution in [2.24, 2.45) is 5.41 Å². The molecule has 2 aromatic rings. The molecule has 2 aromatic carbocycles. The molecular formula is C18H23NOS. The Balaban J connectivity index is 2.58. The molecule has 0 spiro atoms. The number of nitrogens with one attached hydrogen (secondary N) is 1. The minimum Gasteiger partial charge on any atom is -0.255 e. The van der Waals surface area contributed by atoms with E-state index in [1.54, 1.807) is 0 Å². The number of hydrogen-bond acceptors (Lipinski definition) is 2. The first kappa shape index (κ1) is 15.8. The Morgan fingerprint density at radius 1 is 0.857 bits per heavy atom. The van der Waals surface area contributed by atoms with Crippen molar-refractivity contribution in [2.75, 3.05) is 0 Å². The first-order valence-corrected chi connectivity index (χ1v) is 8.51. The Kier molecular flexibility index (Phi) is 4.84. The van der Waals surface area contributed by atoms with Gasteiger partial charge in [-0.05, 0) is 16.5 Å². The average molecular weight is 301 g/mol. The highest BCUT2D eigenvalue weighted by molar-refractivity contribution is 7.73. The molecule has 2 nitrogen and oxygen atoms in total. The number of benzene rings is 2. The van der Waals surface area contributed by atoms with E-state index in [9.17, 15) is 4.21 Å². The summed E-state index contributed by atoms with van der Waals surface area (Å²) in [6, 6.07) is 20.0. The summed E-state index contributed by atoms with van der Waals surface area (Å²) >= 11 is 0. The average Bonchev–Trinajstić information content (AvgIpc) is 2.44.